The van der Waals surface area contributed by atoms with Crippen molar-refractivity contribution in [2.24, 2.45) is 0 Å². The number of aromatic nitrogens is 1. The van der Waals surface area contributed by atoms with Gasteiger partial charge in [-0.3, -0.25) is 4.79 Å². The lowest BCUT2D eigenvalue weighted by Crippen LogP contribution is -2.12. The molecule has 0 bridgehead atoms. The number of carbonyl (C=O) groups excluding carboxylic acids is 1. The molecule has 0 radical (unpaired) electrons. The van der Waals surface area contributed by atoms with Gasteiger partial charge in [0.25, 0.3) is 0 Å². The highest BCUT2D eigenvalue weighted by molar-refractivity contribution is 8.00. The van der Waals surface area contributed by atoms with Gasteiger partial charge in [-0.05, 0) is 13.0 Å². The van der Waals surface area contributed by atoms with E-state index in [0.717, 1.165) is 5.52 Å². The third kappa shape index (κ3) is 3.32. The first kappa shape index (κ1) is 14.0. The number of fused-ring (bicyclic) bond motifs is 1. The van der Waals surface area contributed by atoms with Crippen molar-refractivity contribution in [3.05, 3.63) is 30.5 Å². The molecule has 0 saturated carbocycles. The number of hydrogen-bond acceptors (Lipinski definition) is 3. The maximum Gasteiger partial charge on any atom is 0.325 e. The zero-order valence-electron chi connectivity index (χ0n) is 11.6. The van der Waals surface area contributed by atoms with Crippen molar-refractivity contribution in [2.45, 2.75) is 37.5 Å². The number of esters is 1. The SMILES string of the molecule is CCOC(=O)Cn1cc(SC(C)C)c2ccccc21. The summed E-state index contributed by atoms with van der Waals surface area (Å²) in [6.07, 6.45) is 2.05. The lowest BCUT2D eigenvalue weighted by Gasteiger charge is -2.04. The minimum absolute atomic E-state index is 0.190. The smallest absolute Gasteiger partial charge is 0.325 e. The molecule has 0 unspecified atom stereocenters. The molecule has 0 aliphatic rings. The van der Waals surface area contributed by atoms with Crippen molar-refractivity contribution in [2.75, 3.05) is 6.61 Å². The molecular weight excluding hydrogens is 258 g/mol. The predicted octanol–water partition coefficient (Wildman–Crippen LogP) is 3.70. The zero-order chi connectivity index (χ0) is 13.8. The molecule has 4 heteroatoms. The summed E-state index contributed by atoms with van der Waals surface area (Å²) in [5.41, 5.74) is 1.08. The van der Waals surface area contributed by atoms with E-state index in [1.165, 1.54) is 10.3 Å². The Morgan fingerprint density at radius 2 is 2.11 bits per heavy atom. The second kappa shape index (κ2) is 6.15. The van der Waals surface area contributed by atoms with Crippen LogP contribution in [-0.4, -0.2) is 22.4 Å². The molecule has 0 fully saturated rings. The van der Waals surface area contributed by atoms with Crippen molar-refractivity contribution in [3.63, 3.8) is 0 Å². The zero-order valence-corrected chi connectivity index (χ0v) is 12.4. The molecule has 1 aromatic heterocycles. The fourth-order valence-corrected chi connectivity index (χ4v) is 3.03. The average Bonchev–Trinajstić information content (AvgIpc) is 2.68. The van der Waals surface area contributed by atoms with Gasteiger partial charge in [0.1, 0.15) is 6.54 Å². The van der Waals surface area contributed by atoms with Gasteiger partial charge < -0.3 is 9.30 Å². The lowest BCUT2D eigenvalue weighted by atomic mass is 10.2. The number of thioether (sulfide) groups is 1. The molecule has 1 aromatic carbocycles. The normalized spacial score (nSPS) is 11.2. The van der Waals surface area contributed by atoms with Gasteiger partial charge in [-0.1, -0.05) is 32.0 Å². The van der Waals surface area contributed by atoms with Crippen LogP contribution in [0.1, 0.15) is 20.8 Å². The topological polar surface area (TPSA) is 31.2 Å². The second-order valence-electron chi connectivity index (χ2n) is 4.61. The van der Waals surface area contributed by atoms with E-state index in [4.69, 9.17) is 4.74 Å². The molecule has 3 nitrogen and oxygen atoms in total. The summed E-state index contributed by atoms with van der Waals surface area (Å²) in [6, 6.07) is 8.16. The van der Waals surface area contributed by atoms with E-state index in [1.807, 2.05) is 47.6 Å². The molecule has 102 valence electrons. The van der Waals surface area contributed by atoms with Crippen molar-refractivity contribution in [1.29, 1.82) is 0 Å². The van der Waals surface area contributed by atoms with Crippen LogP contribution in [0.3, 0.4) is 0 Å². The lowest BCUT2D eigenvalue weighted by molar-refractivity contribution is -0.143. The van der Waals surface area contributed by atoms with Crippen LogP contribution >= 0.6 is 11.8 Å². The molecule has 0 aliphatic carbocycles. The molecule has 0 spiro atoms. The average molecular weight is 277 g/mol. The van der Waals surface area contributed by atoms with Crippen LogP contribution in [0.25, 0.3) is 10.9 Å². The first-order valence-corrected chi connectivity index (χ1v) is 7.40. The Morgan fingerprint density at radius 3 is 2.79 bits per heavy atom. The molecule has 2 aromatic rings. The number of rotatable bonds is 5. The van der Waals surface area contributed by atoms with Crippen LogP contribution in [0.2, 0.25) is 0 Å². The van der Waals surface area contributed by atoms with Gasteiger partial charge >= 0.3 is 5.97 Å². The Morgan fingerprint density at radius 1 is 1.37 bits per heavy atom. The fraction of sp³-hybridized carbons (Fsp3) is 0.400. The van der Waals surface area contributed by atoms with Gasteiger partial charge in [0.05, 0.1) is 6.61 Å². The van der Waals surface area contributed by atoms with Crippen molar-refractivity contribution >= 4 is 28.6 Å². The van der Waals surface area contributed by atoms with E-state index in [9.17, 15) is 4.79 Å². The summed E-state index contributed by atoms with van der Waals surface area (Å²) < 4.78 is 6.99. The van der Waals surface area contributed by atoms with Crippen LogP contribution in [0.5, 0.6) is 0 Å². The number of ether oxygens (including phenoxy) is 1. The van der Waals surface area contributed by atoms with E-state index >= 15 is 0 Å². The van der Waals surface area contributed by atoms with E-state index < -0.39 is 0 Å². The third-order valence-electron chi connectivity index (χ3n) is 2.72. The van der Waals surface area contributed by atoms with Crippen LogP contribution in [0, 0.1) is 0 Å². The predicted molar refractivity (Wildman–Crippen MR) is 79.6 cm³/mol. The summed E-state index contributed by atoms with van der Waals surface area (Å²) in [7, 11) is 0. The molecule has 2 rings (SSSR count). The summed E-state index contributed by atoms with van der Waals surface area (Å²) in [5, 5.41) is 1.72. The Kier molecular flexibility index (Phi) is 4.53. The molecule has 19 heavy (non-hydrogen) atoms. The minimum Gasteiger partial charge on any atom is -0.465 e. The van der Waals surface area contributed by atoms with E-state index in [1.54, 1.807) is 0 Å². The Balaban J connectivity index is 2.35. The summed E-state index contributed by atoms with van der Waals surface area (Å²) >= 11 is 1.82. The number of benzene rings is 1. The van der Waals surface area contributed by atoms with Crippen molar-refractivity contribution in [1.82, 2.24) is 4.57 Å². The molecule has 0 N–H and O–H groups in total. The maximum atomic E-state index is 11.6. The second-order valence-corrected chi connectivity index (χ2v) is 6.23. The van der Waals surface area contributed by atoms with Crippen molar-refractivity contribution < 1.29 is 9.53 Å². The van der Waals surface area contributed by atoms with Crippen LogP contribution in [0.15, 0.2) is 35.4 Å². The number of carbonyl (C=O) groups is 1. The Labute approximate surface area is 117 Å². The van der Waals surface area contributed by atoms with Gasteiger partial charge in [0.15, 0.2) is 0 Å². The molecule has 0 amide bonds. The molecule has 0 atom stereocenters. The highest BCUT2D eigenvalue weighted by Gasteiger charge is 2.12. The van der Waals surface area contributed by atoms with Crippen molar-refractivity contribution in [3.8, 4) is 0 Å². The monoisotopic (exact) mass is 277 g/mol. The van der Waals surface area contributed by atoms with E-state index in [2.05, 4.69) is 19.9 Å². The Bertz CT molecular complexity index is 575. The van der Waals surface area contributed by atoms with E-state index in [-0.39, 0.29) is 12.5 Å². The number of nitrogens with zero attached hydrogens (tertiary/aromatic N) is 1. The van der Waals surface area contributed by atoms with Gasteiger partial charge in [-0.2, -0.15) is 0 Å². The van der Waals surface area contributed by atoms with Gasteiger partial charge in [-0.25, -0.2) is 0 Å². The van der Waals surface area contributed by atoms with Crippen LogP contribution < -0.4 is 0 Å². The summed E-state index contributed by atoms with van der Waals surface area (Å²) in [4.78, 5) is 12.9. The summed E-state index contributed by atoms with van der Waals surface area (Å²) in [5.74, 6) is -0.190. The van der Waals surface area contributed by atoms with Gasteiger partial charge in [0, 0.05) is 27.2 Å². The fourth-order valence-electron chi connectivity index (χ4n) is 2.04. The highest BCUT2D eigenvalue weighted by atomic mass is 32.2. The minimum atomic E-state index is -0.190. The molecule has 0 aliphatic heterocycles. The van der Waals surface area contributed by atoms with E-state index in [0.29, 0.717) is 11.9 Å². The first-order valence-electron chi connectivity index (χ1n) is 6.52. The van der Waals surface area contributed by atoms with Crippen LogP contribution in [0.4, 0.5) is 0 Å². The number of hydrogen-bond donors (Lipinski definition) is 0. The third-order valence-corrected chi connectivity index (χ3v) is 3.77. The van der Waals surface area contributed by atoms with Gasteiger partial charge in [0.2, 0.25) is 0 Å². The number of para-hydroxylation sites is 1. The standard InChI is InChI=1S/C15H19NO2S/c1-4-18-15(17)10-16-9-14(19-11(2)3)12-7-5-6-8-13(12)16/h5-9,11H,4,10H2,1-3H3. The summed E-state index contributed by atoms with van der Waals surface area (Å²) in [6.45, 7) is 6.86. The molecule has 1 heterocycles. The molecular formula is C15H19NO2S. The molecule has 0 saturated heterocycles. The van der Waals surface area contributed by atoms with Gasteiger partial charge in [-0.15, -0.1) is 11.8 Å². The Hall–Kier alpha value is -1.42. The quantitative estimate of drug-likeness (QED) is 0.617. The highest BCUT2D eigenvalue weighted by Crippen LogP contribution is 2.32. The maximum absolute atomic E-state index is 11.6. The largest absolute Gasteiger partial charge is 0.465 e. The van der Waals surface area contributed by atoms with Crippen LogP contribution in [-0.2, 0) is 16.1 Å². The first-order chi connectivity index (χ1) is 9.11.